The second-order valence-corrected chi connectivity index (χ2v) is 7.04. The number of H-pyrrole nitrogens is 1. The molecule has 0 unspecified atom stereocenters. The summed E-state index contributed by atoms with van der Waals surface area (Å²) in [5.41, 5.74) is 1.83. The lowest BCUT2D eigenvalue weighted by molar-refractivity contribution is 0.254. The molecule has 0 saturated carbocycles. The average Bonchev–Trinajstić information content (AvgIpc) is 3.37. The summed E-state index contributed by atoms with van der Waals surface area (Å²) in [6.07, 6.45) is 7.03. The van der Waals surface area contributed by atoms with E-state index in [0.29, 0.717) is 29.7 Å². The van der Waals surface area contributed by atoms with Gasteiger partial charge in [-0.1, -0.05) is 0 Å². The van der Waals surface area contributed by atoms with Crippen molar-refractivity contribution in [2.24, 2.45) is 0 Å². The van der Waals surface area contributed by atoms with Gasteiger partial charge in [0.05, 0.1) is 37.0 Å². The van der Waals surface area contributed by atoms with Crippen LogP contribution in [-0.2, 0) is 0 Å². The molecule has 0 amide bonds. The van der Waals surface area contributed by atoms with E-state index < -0.39 is 0 Å². The maximum atomic E-state index is 5.99. The molecule has 0 aliphatic carbocycles. The second-order valence-electron chi connectivity index (χ2n) is 7.04. The minimum Gasteiger partial charge on any atom is -0.491 e. The monoisotopic (exact) mass is 382 g/mol. The summed E-state index contributed by atoms with van der Waals surface area (Å²) in [5.74, 6) is 2.66. The third kappa shape index (κ3) is 4.17. The molecule has 8 heteroatoms. The van der Waals surface area contributed by atoms with Crippen LogP contribution in [0.5, 0.6) is 11.5 Å². The Kier molecular flexibility index (Phi) is 5.57. The van der Waals surface area contributed by atoms with Crippen LogP contribution >= 0.6 is 0 Å². The smallest absolute Gasteiger partial charge is 0.179 e. The Bertz CT molecular complexity index is 936. The summed E-state index contributed by atoms with van der Waals surface area (Å²) in [6, 6.07) is 3.81. The van der Waals surface area contributed by atoms with E-state index in [1.54, 1.807) is 19.5 Å². The molecule has 0 spiro atoms. The minimum absolute atomic E-state index is 0.623. The Morgan fingerprint density at radius 3 is 2.86 bits per heavy atom. The van der Waals surface area contributed by atoms with Crippen molar-refractivity contribution in [1.29, 1.82) is 0 Å². The summed E-state index contributed by atoms with van der Waals surface area (Å²) in [5, 5.41) is 11.3. The van der Waals surface area contributed by atoms with Gasteiger partial charge in [-0.15, -0.1) is 0 Å². The van der Waals surface area contributed by atoms with Crippen molar-refractivity contribution in [3.05, 3.63) is 30.2 Å². The molecule has 4 rings (SSSR count). The van der Waals surface area contributed by atoms with Gasteiger partial charge in [0.15, 0.2) is 11.5 Å². The lowest BCUT2D eigenvalue weighted by atomic mass is 10.2. The molecule has 0 atom stereocenters. The molecule has 0 radical (unpaired) electrons. The normalized spacial score (nSPS) is 14.5. The number of rotatable bonds is 8. The fraction of sp³-hybridized carbons (Fsp3) is 0.450. The number of hydrogen-bond acceptors (Lipinski definition) is 7. The Balaban J connectivity index is 1.45. The Hall–Kier alpha value is -2.87. The fourth-order valence-corrected chi connectivity index (χ4v) is 3.52. The van der Waals surface area contributed by atoms with E-state index >= 15 is 0 Å². The van der Waals surface area contributed by atoms with Gasteiger partial charge in [0.25, 0.3) is 0 Å². The average molecular weight is 382 g/mol. The van der Waals surface area contributed by atoms with Crippen molar-refractivity contribution >= 4 is 22.5 Å². The van der Waals surface area contributed by atoms with Crippen LogP contribution < -0.4 is 14.8 Å². The number of aromatic nitrogens is 4. The molecule has 8 nitrogen and oxygen atoms in total. The third-order valence-corrected chi connectivity index (χ3v) is 4.94. The first kappa shape index (κ1) is 18.5. The standard InChI is InChI=1S/C20H26N6O2/c1-14-10-16-15(12-22-25-16)20(23-14)24-19-11-17(18(27-2)13-21-19)28-9-5-8-26-6-3-4-7-26/h10-13H,3-9H2,1-2H3,(H,22,25)(H,21,23,24). The summed E-state index contributed by atoms with van der Waals surface area (Å²) >= 11 is 0. The predicted molar refractivity (Wildman–Crippen MR) is 108 cm³/mol. The Labute approximate surface area is 164 Å². The summed E-state index contributed by atoms with van der Waals surface area (Å²) < 4.78 is 11.4. The Morgan fingerprint density at radius 1 is 1.18 bits per heavy atom. The van der Waals surface area contributed by atoms with E-state index in [-0.39, 0.29) is 0 Å². The van der Waals surface area contributed by atoms with E-state index in [9.17, 15) is 0 Å². The molecule has 1 saturated heterocycles. The summed E-state index contributed by atoms with van der Waals surface area (Å²) in [6.45, 7) is 6.08. The lowest BCUT2D eigenvalue weighted by Gasteiger charge is -2.16. The van der Waals surface area contributed by atoms with Gasteiger partial charge in [-0.05, 0) is 45.3 Å². The number of likely N-dealkylation sites (tertiary alicyclic amines) is 1. The van der Waals surface area contributed by atoms with Crippen LogP contribution in [-0.4, -0.2) is 58.4 Å². The molecule has 2 N–H and O–H groups in total. The maximum absolute atomic E-state index is 5.99. The van der Waals surface area contributed by atoms with Gasteiger partial charge in [-0.3, -0.25) is 5.10 Å². The molecule has 1 aliphatic heterocycles. The number of methoxy groups -OCH3 is 1. The zero-order chi connectivity index (χ0) is 19.3. The highest BCUT2D eigenvalue weighted by molar-refractivity contribution is 5.90. The van der Waals surface area contributed by atoms with Crippen LogP contribution in [0.1, 0.15) is 25.0 Å². The number of hydrogen-bond donors (Lipinski definition) is 2. The van der Waals surface area contributed by atoms with E-state index in [0.717, 1.165) is 29.6 Å². The number of aromatic amines is 1. The number of ether oxygens (including phenoxy) is 2. The SMILES string of the molecule is COc1cnc(Nc2nc(C)cc3[nH]ncc23)cc1OCCCN1CCCC1. The number of pyridine rings is 2. The fourth-order valence-electron chi connectivity index (χ4n) is 3.52. The molecule has 1 aliphatic rings. The number of nitrogens with zero attached hydrogens (tertiary/aromatic N) is 4. The van der Waals surface area contributed by atoms with Crippen molar-refractivity contribution in [2.45, 2.75) is 26.2 Å². The molecule has 4 heterocycles. The van der Waals surface area contributed by atoms with E-state index in [1.165, 1.54) is 25.9 Å². The van der Waals surface area contributed by atoms with Gasteiger partial charge in [0.1, 0.15) is 11.6 Å². The van der Waals surface area contributed by atoms with Crippen molar-refractivity contribution in [3.8, 4) is 11.5 Å². The van der Waals surface area contributed by atoms with Crippen LogP contribution in [0.3, 0.4) is 0 Å². The topological polar surface area (TPSA) is 88.2 Å². The van der Waals surface area contributed by atoms with Gasteiger partial charge in [-0.25, -0.2) is 9.97 Å². The molecule has 28 heavy (non-hydrogen) atoms. The highest BCUT2D eigenvalue weighted by atomic mass is 16.5. The highest BCUT2D eigenvalue weighted by Crippen LogP contribution is 2.31. The van der Waals surface area contributed by atoms with Gasteiger partial charge in [0.2, 0.25) is 0 Å². The Morgan fingerprint density at radius 2 is 2.04 bits per heavy atom. The zero-order valence-corrected chi connectivity index (χ0v) is 16.4. The molecule has 0 aromatic carbocycles. The summed E-state index contributed by atoms with van der Waals surface area (Å²) in [4.78, 5) is 11.5. The van der Waals surface area contributed by atoms with Gasteiger partial charge in [-0.2, -0.15) is 5.10 Å². The molecule has 3 aromatic rings. The largest absolute Gasteiger partial charge is 0.491 e. The molecule has 1 fully saturated rings. The number of aryl methyl sites for hydroxylation is 1. The first-order valence-electron chi connectivity index (χ1n) is 9.70. The van der Waals surface area contributed by atoms with Crippen LogP contribution in [0, 0.1) is 6.92 Å². The van der Waals surface area contributed by atoms with E-state index in [2.05, 4.69) is 30.4 Å². The number of fused-ring (bicyclic) bond motifs is 1. The third-order valence-electron chi connectivity index (χ3n) is 4.94. The van der Waals surface area contributed by atoms with Crippen LogP contribution in [0.4, 0.5) is 11.6 Å². The quantitative estimate of drug-likeness (QED) is 0.578. The molecule has 3 aromatic heterocycles. The van der Waals surface area contributed by atoms with Gasteiger partial charge in [0, 0.05) is 18.3 Å². The second kappa shape index (κ2) is 8.43. The van der Waals surface area contributed by atoms with Crippen LogP contribution in [0.15, 0.2) is 24.5 Å². The van der Waals surface area contributed by atoms with Gasteiger partial charge < -0.3 is 19.7 Å². The first-order valence-corrected chi connectivity index (χ1v) is 9.70. The first-order chi connectivity index (χ1) is 13.7. The lowest BCUT2D eigenvalue weighted by Crippen LogP contribution is -2.21. The molecular formula is C20H26N6O2. The van der Waals surface area contributed by atoms with Gasteiger partial charge >= 0.3 is 0 Å². The highest BCUT2D eigenvalue weighted by Gasteiger charge is 2.13. The van der Waals surface area contributed by atoms with Crippen molar-refractivity contribution in [3.63, 3.8) is 0 Å². The van der Waals surface area contributed by atoms with Crippen molar-refractivity contribution < 1.29 is 9.47 Å². The number of anilines is 2. The molecule has 148 valence electrons. The van der Waals surface area contributed by atoms with Crippen molar-refractivity contribution in [2.75, 3.05) is 38.7 Å². The minimum atomic E-state index is 0.623. The van der Waals surface area contributed by atoms with Crippen LogP contribution in [0.25, 0.3) is 10.9 Å². The maximum Gasteiger partial charge on any atom is 0.179 e. The zero-order valence-electron chi connectivity index (χ0n) is 16.4. The summed E-state index contributed by atoms with van der Waals surface area (Å²) in [7, 11) is 1.62. The van der Waals surface area contributed by atoms with E-state index in [4.69, 9.17) is 9.47 Å². The molecule has 0 bridgehead atoms. The van der Waals surface area contributed by atoms with Crippen LogP contribution in [0.2, 0.25) is 0 Å². The van der Waals surface area contributed by atoms with Crippen molar-refractivity contribution in [1.82, 2.24) is 25.1 Å². The predicted octanol–water partition coefficient (Wildman–Crippen LogP) is 3.28. The van der Waals surface area contributed by atoms with E-state index in [1.807, 2.05) is 19.1 Å². The number of nitrogens with one attached hydrogen (secondary N) is 2. The molecular weight excluding hydrogens is 356 g/mol.